The van der Waals surface area contributed by atoms with Crippen molar-refractivity contribution in [2.75, 3.05) is 7.11 Å². The van der Waals surface area contributed by atoms with Gasteiger partial charge in [-0.15, -0.1) is 12.4 Å². The predicted octanol–water partition coefficient (Wildman–Crippen LogP) is 2.48. The Morgan fingerprint density at radius 2 is 1.93 bits per heavy atom. The fraction of sp³-hybridized carbons (Fsp3) is 0.455. The molecule has 0 amide bonds. The van der Waals surface area contributed by atoms with E-state index in [0.717, 1.165) is 5.56 Å². The second-order valence-electron chi connectivity index (χ2n) is 3.70. The molecular formula is C11H18ClNO2. The van der Waals surface area contributed by atoms with Crippen LogP contribution in [0.4, 0.5) is 0 Å². The van der Waals surface area contributed by atoms with Gasteiger partial charge in [0.15, 0.2) is 11.5 Å². The van der Waals surface area contributed by atoms with E-state index in [-0.39, 0.29) is 24.2 Å². The predicted molar refractivity (Wildman–Crippen MR) is 63.7 cm³/mol. The van der Waals surface area contributed by atoms with Crippen LogP contribution in [0.25, 0.3) is 0 Å². The summed E-state index contributed by atoms with van der Waals surface area (Å²) in [6.07, 6.45) is 0. The molecule has 0 aromatic heterocycles. The van der Waals surface area contributed by atoms with E-state index in [0.29, 0.717) is 11.7 Å². The first-order valence-corrected chi connectivity index (χ1v) is 4.68. The topological polar surface area (TPSA) is 55.5 Å². The summed E-state index contributed by atoms with van der Waals surface area (Å²) in [4.78, 5) is 0. The third-order valence-corrected chi connectivity index (χ3v) is 2.31. The summed E-state index contributed by atoms with van der Waals surface area (Å²) in [5.74, 6) is 0.966. The molecule has 0 heterocycles. The van der Waals surface area contributed by atoms with Gasteiger partial charge in [-0.25, -0.2) is 0 Å². The molecule has 0 saturated carbocycles. The molecule has 0 aliphatic carbocycles. The van der Waals surface area contributed by atoms with Crippen molar-refractivity contribution in [3.63, 3.8) is 0 Å². The lowest BCUT2D eigenvalue weighted by Gasteiger charge is -2.16. The minimum absolute atomic E-state index is 0. The first-order valence-electron chi connectivity index (χ1n) is 4.68. The average molecular weight is 232 g/mol. The number of ether oxygens (including phenoxy) is 1. The maximum atomic E-state index is 9.54. The molecule has 3 nitrogen and oxygen atoms in total. The molecule has 3 N–H and O–H groups in total. The van der Waals surface area contributed by atoms with Gasteiger partial charge in [0.25, 0.3) is 0 Å². The molecule has 1 aromatic rings. The van der Waals surface area contributed by atoms with Crippen LogP contribution in [0.15, 0.2) is 18.2 Å². The minimum Gasteiger partial charge on any atom is -0.504 e. The SMILES string of the molecule is COc1ccc([C@H](N)C(C)C)cc1O.Cl. The highest BCUT2D eigenvalue weighted by atomic mass is 35.5. The van der Waals surface area contributed by atoms with Gasteiger partial charge in [-0.2, -0.15) is 0 Å². The summed E-state index contributed by atoms with van der Waals surface area (Å²) in [5, 5.41) is 9.54. The van der Waals surface area contributed by atoms with Gasteiger partial charge in [-0.05, 0) is 23.6 Å². The average Bonchev–Trinajstić information content (AvgIpc) is 2.16. The molecule has 0 saturated heterocycles. The largest absolute Gasteiger partial charge is 0.504 e. The number of benzene rings is 1. The number of phenols is 1. The minimum atomic E-state index is -0.0493. The number of rotatable bonds is 3. The Kier molecular flexibility index (Phi) is 5.47. The van der Waals surface area contributed by atoms with Crippen molar-refractivity contribution < 1.29 is 9.84 Å². The Morgan fingerprint density at radius 1 is 1.33 bits per heavy atom. The van der Waals surface area contributed by atoms with Crippen molar-refractivity contribution in [2.45, 2.75) is 19.9 Å². The highest BCUT2D eigenvalue weighted by molar-refractivity contribution is 5.85. The summed E-state index contributed by atoms with van der Waals surface area (Å²) in [6.45, 7) is 4.10. The highest BCUT2D eigenvalue weighted by Crippen LogP contribution is 2.30. The van der Waals surface area contributed by atoms with E-state index in [1.807, 2.05) is 19.9 Å². The standard InChI is InChI=1S/C11H17NO2.ClH/c1-7(2)11(12)8-4-5-10(14-3)9(13)6-8;/h4-7,11,13H,12H2,1-3H3;1H/t11-;/m1./s1. The molecule has 0 spiro atoms. The second-order valence-corrected chi connectivity index (χ2v) is 3.70. The van der Waals surface area contributed by atoms with Crippen LogP contribution in [0.3, 0.4) is 0 Å². The van der Waals surface area contributed by atoms with E-state index < -0.39 is 0 Å². The number of aromatic hydroxyl groups is 1. The quantitative estimate of drug-likeness (QED) is 0.841. The van der Waals surface area contributed by atoms with Gasteiger partial charge in [0.2, 0.25) is 0 Å². The van der Waals surface area contributed by atoms with Gasteiger partial charge >= 0.3 is 0 Å². The third-order valence-electron chi connectivity index (χ3n) is 2.31. The van der Waals surface area contributed by atoms with E-state index in [4.69, 9.17) is 10.5 Å². The number of methoxy groups -OCH3 is 1. The molecule has 0 bridgehead atoms. The Balaban J connectivity index is 0.00000196. The molecule has 1 atom stereocenters. The van der Waals surface area contributed by atoms with Crippen molar-refractivity contribution in [2.24, 2.45) is 11.7 Å². The number of halogens is 1. The second kappa shape index (κ2) is 5.83. The van der Waals surface area contributed by atoms with Gasteiger partial charge in [-0.1, -0.05) is 19.9 Å². The monoisotopic (exact) mass is 231 g/mol. The van der Waals surface area contributed by atoms with Gasteiger partial charge in [0, 0.05) is 6.04 Å². The van der Waals surface area contributed by atoms with E-state index in [2.05, 4.69) is 0 Å². The Bertz CT molecular complexity index is 315. The summed E-state index contributed by atoms with van der Waals surface area (Å²) >= 11 is 0. The van der Waals surface area contributed by atoms with Crippen molar-refractivity contribution >= 4 is 12.4 Å². The summed E-state index contributed by atoms with van der Waals surface area (Å²) in [6, 6.07) is 5.21. The first kappa shape index (κ1) is 14.1. The normalized spacial score (nSPS) is 12.1. The number of hydrogen-bond acceptors (Lipinski definition) is 3. The molecular weight excluding hydrogens is 214 g/mol. The number of nitrogens with two attached hydrogens (primary N) is 1. The zero-order valence-corrected chi connectivity index (χ0v) is 10.0. The van der Waals surface area contributed by atoms with Gasteiger partial charge < -0.3 is 15.6 Å². The summed E-state index contributed by atoms with van der Waals surface area (Å²) in [7, 11) is 1.52. The van der Waals surface area contributed by atoms with Crippen LogP contribution in [0, 0.1) is 5.92 Å². The molecule has 86 valence electrons. The number of phenolic OH excluding ortho intramolecular Hbond substituents is 1. The van der Waals surface area contributed by atoms with Crippen LogP contribution in [0.2, 0.25) is 0 Å². The van der Waals surface area contributed by atoms with E-state index in [1.165, 1.54) is 7.11 Å². The molecule has 0 aliphatic rings. The first-order chi connectivity index (χ1) is 6.56. The molecule has 15 heavy (non-hydrogen) atoms. The molecule has 1 aromatic carbocycles. The highest BCUT2D eigenvalue weighted by Gasteiger charge is 2.12. The van der Waals surface area contributed by atoms with Crippen molar-refractivity contribution in [3.8, 4) is 11.5 Å². The van der Waals surface area contributed by atoms with Crippen LogP contribution >= 0.6 is 12.4 Å². The van der Waals surface area contributed by atoms with Crippen LogP contribution in [0.5, 0.6) is 11.5 Å². The van der Waals surface area contributed by atoms with Gasteiger partial charge in [0.05, 0.1) is 7.11 Å². The van der Waals surface area contributed by atoms with Gasteiger partial charge in [0.1, 0.15) is 0 Å². The summed E-state index contributed by atoms with van der Waals surface area (Å²) < 4.78 is 4.95. The fourth-order valence-electron chi connectivity index (χ4n) is 1.30. The van der Waals surface area contributed by atoms with E-state index in [9.17, 15) is 5.11 Å². The maximum Gasteiger partial charge on any atom is 0.160 e. The number of hydrogen-bond donors (Lipinski definition) is 2. The molecule has 4 heteroatoms. The lowest BCUT2D eigenvalue weighted by atomic mass is 9.97. The van der Waals surface area contributed by atoms with Crippen molar-refractivity contribution in [1.29, 1.82) is 0 Å². The molecule has 0 fully saturated rings. The van der Waals surface area contributed by atoms with Crippen LogP contribution < -0.4 is 10.5 Å². The van der Waals surface area contributed by atoms with Gasteiger partial charge in [-0.3, -0.25) is 0 Å². The Hall–Kier alpha value is -0.930. The maximum absolute atomic E-state index is 9.54. The third kappa shape index (κ3) is 3.29. The van der Waals surface area contributed by atoms with Crippen molar-refractivity contribution in [3.05, 3.63) is 23.8 Å². The van der Waals surface area contributed by atoms with Crippen LogP contribution in [0.1, 0.15) is 25.5 Å². The Morgan fingerprint density at radius 3 is 2.33 bits per heavy atom. The van der Waals surface area contributed by atoms with Crippen molar-refractivity contribution in [1.82, 2.24) is 0 Å². The molecule has 0 unspecified atom stereocenters. The molecule has 0 radical (unpaired) electrons. The van der Waals surface area contributed by atoms with E-state index in [1.54, 1.807) is 12.1 Å². The van der Waals surface area contributed by atoms with Crippen LogP contribution in [-0.4, -0.2) is 12.2 Å². The fourth-order valence-corrected chi connectivity index (χ4v) is 1.30. The molecule has 1 rings (SSSR count). The molecule has 0 aliphatic heterocycles. The van der Waals surface area contributed by atoms with E-state index >= 15 is 0 Å². The summed E-state index contributed by atoms with van der Waals surface area (Å²) in [5.41, 5.74) is 6.88. The lowest BCUT2D eigenvalue weighted by Crippen LogP contribution is -2.16. The smallest absolute Gasteiger partial charge is 0.160 e. The zero-order valence-electron chi connectivity index (χ0n) is 9.23. The Labute approximate surface area is 96.7 Å². The van der Waals surface area contributed by atoms with Crippen LogP contribution in [-0.2, 0) is 0 Å². The lowest BCUT2D eigenvalue weighted by molar-refractivity contribution is 0.372. The zero-order chi connectivity index (χ0) is 10.7.